The van der Waals surface area contributed by atoms with E-state index in [4.69, 9.17) is 10.3 Å². The van der Waals surface area contributed by atoms with Crippen molar-refractivity contribution in [2.45, 2.75) is 19.0 Å². The average molecular weight is 409 g/mol. The summed E-state index contributed by atoms with van der Waals surface area (Å²) in [5, 5.41) is 4.10. The van der Waals surface area contributed by atoms with Crippen molar-refractivity contribution in [1.82, 2.24) is 19.9 Å². The highest BCUT2D eigenvalue weighted by molar-refractivity contribution is 5.81. The smallest absolute Gasteiger partial charge is 0.244 e. The summed E-state index contributed by atoms with van der Waals surface area (Å²) >= 11 is 0. The lowest BCUT2D eigenvalue weighted by molar-refractivity contribution is -0.124. The lowest BCUT2D eigenvalue weighted by atomic mass is 10.0. The largest absolute Gasteiger partial charge is 0.368 e. The van der Waals surface area contributed by atoms with Crippen molar-refractivity contribution in [1.29, 1.82) is 0 Å². The second kappa shape index (κ2) is 8.73. The molecule has 0 aliphatic carbocycles. The van der Waals surface area contributed by atoms with Gasteiger partial charge in [0, 0.05) is 31.7 Å². The SMILES string of the molecule is CC(c1nc(-c2ccccc2)no1)N1CCN(C(C(N)=O)c2ccc(F)cc2)CC1. The van der Waals surface area contributed by atoms with Crippen molar-refractivity contribution in [3.63, 3.8) is 0 Å². The summed E-state index contributed by atoms with van der Waals surface area (Å²) in [7, 11) is 0. The van der Waals surface area contributed by atoms with E-state index >= 15 is 0 Å². The minimum atomic E-state index is -0.573. The highest BCUT2D eigenvalue weighted by atomic mass is 19.1. The lowest BCUT2D eigenvalue weighted by Gasteiger charge is -2.39. The summed E-state index contributed by atoms with van der Waals surface area (Å²) in [5.74, 6) is 0.357. The van der Waals surface area contributed by atoms with Gasteiger partial charge < -0.3 is 10.3 Å². The summed E-state index contributed by atoms with van der Waals surface area (Å²) in [6, 6.07) is 15.0. The van der Waals surface area contributed by atoms with Gasteiger partial charge in [-0.15, -0.1) is 0 Å². The molecule has 2 heterocycles. The second-order valence-corrected chi connectivity index (χ2v) is 7.43. The molecule has 8 heteroatoms. The molecular formula is C22H24FN5O2. The summed E-state index contributed by atoms with van der Waals surface area (Å²) in [4.78, 5) is 20.9. The minimum absolute atomic E-state index is 0.0463. The molecule has 2 unspecified atom stereocenters. The molecule has 0 bridgehead atoms. The van der Waals surface area contributed by atoms with Crippen LogP contribution < -0.4 is 5.73 Å². The van der Waals surface area contributed by atoms with Crippen molar-refractivity contribution in [2.75, 3.05) is 26.2 Å². The van der Waals surface area contributed by atoms with Gasteiger partial charge >= 0.3 is 0 Å². The Hall–Kier alpha value is -3.10. The molecule has 2 N–H and O–H groups in total. The highest BCUT2D eigenvalue weighted by Crippen LogP contribution is 2.27. The van der Waals surface area contributed by atoms with Gasteiger partial charge in [0.1, 0.15) is 11.9 Å². The zero-order valence-electron chi connectivity index (χ0n) is 16.7. The number of amides is 1. The van der Waals surface area contributed by atoms with E-state index < -0.39 is 11.9 Å². The number of hydrogen-bond donors (Lipinski definition) is 1. The highest BCUT2D eigenvalue weighted by Gasteiger charge is 2.32. The number of piperazine rings is 1. The van der Waals surface area contributed by atoms with E-state index in [0.29, 0.717) is 30.4 Å². The topological polar surface area (TPSA) is 88.5 Å². The van der Waals surface area contributed by atoms with Crippen LogP contribution in [0.4, 0.5) is 4.39 Å². The van der Waals surface area contributed by atoms with Gasteiger partial charge in [0.25, 0.3) is 0 Å². The zero-order valence-corrected chi connectivity index (χ0v) is 16.7. The second-order valence-electron chi connectivity index (χ2n) is 7.43. The first kappa shape index (κ1) is 20.2. The molecule has 2 atom stereocenters. The van der Waals surface area contributed by atoms with Gasteiger partial charge in [0.05, 0.1) is 6.04 Å². The first-order valence-corrected chi connectivity index (χ1v) is 9.95. The maximum absolute atomic E-state index is 13.2. The molecule has 1 aliphatic heterocycles. The Balaban J connectivity index is 1.42. The first-order valence-electron chi connectivity index (χ1n) is 9.95. The number of carbonyl (C=O) groups is 1. The quantitative estimate of drug-likeness (QED) is 0.674. The summed E-state index contributed by atoms with van der Waals surface area (Å²) in [5.41, 5.74) is 7.27. The molecule has 1 aliphatic rings. The van der Waals surface area contributed by atoms with Crippen LogP contribution >= 0.6 is 0 Å². The van der Waals surface area contributed by atoms with Gasteiger partial charge in [0.2, 0.25) is 17.6 Å². The van der Waals surface area contributed by atoms with Gasteiger partial charge in [-0.25, -0.2) is 4.39 Å². The molecule has 156 valence electrons. The van der Waals surface area contributed by atoms with Crippen LogP contribution in [0.3, 0.4) is 0 Å². The molecule has 0 saturated carbocycles. The molecule has 7 nitrogen and oxygen atoms in total. The Morgan fingerprint density at radius 2 is 1.67 bits per heavy atom. The Morgan fingerprint density at radius 1 is 1.03 bits per heavy atom. The fourth-order valence-corrected chi connectivity index (χ4v) is 3.85. The maximum Gasteiger partial charge on any atom is 0.244 e. The van der Waals surface area contributed by atoms with Crippen LogP contribution in [0.5, 0.6) is 0 Å². The van der Waals surface area contributed by atoms with Crippen molar-refractivity contribution in [2.24, 2.45) is 5.73 Å². The van der Waals surface area contributed by atoms with Crippen molar-refractivity contribution in [3.05, 3.63) is 71.9 Å². The summed E-state index contributed by atoms with van der Waals surface area (Å²) in [6.07, 6.45) is 0. The molecule has 1 fully saturated rings. The number of primary amides is 1. The van der Waals surface area contributed by atoms with Gasteiger partial charge in [-0.05, 0) is 24.6 Å². The molecule has 30 heavy (non-hydrogen) atoms. The standard InChI is InChI=1S/C22H24FN5O2/c1-15(22-25-21(26-30-22)17-5-3-2-4-6-17)27-11-13-28(14-12-27)19(20(24)29)16-7-9-18(23)10-8-16/h2-10,15,19H,11-14H2,1H3,(H2,24,29). The lowest BCUT2D eigenvalue weighted by Crippen LogP contribution is -2.50. The van der Waals surface area contributed by atoms with Gasteiger partial charge in [-0.2, -0.15) is 4.98 Å². The van der Waals surface area contributed by atoms with Crippen LogP contribution in [-0.4, -0.2) is 52.0 Å². The number of nitrogens with two attached hydrogens (primary N) is 1. The average Bonchev–Trinajstić information content (AvgIpc) is 3.26. The third-order valence-electron chi connectivity index (χ3n) is 5.55. The molecule has 2 aromatic carbocycles. The molecule has 0 spiro atoms. The molecule has 1 amide bonds. The van der Waals surface area contributed by atoms with Crippen molar-refractivity contribution in [3.8, 4) is 11.4 Å². The molecule has 1 saturated heterocycles. The van der Waals surface area contributed by atoms with Crippen LogP contribution in [0, 0.1) is 5.82 Å². The Labute approximate surface area is 174 Å². The van der Waals surface area contributed by atoms with E-state index in [-0.39, 0.29) is 11.9 Å². The molecule has 3 aromatic rings. The number of nitrogens with zero attached hydrogens (tertiary/aromatic N) is 4. The maximum atomic E-state index is 13.2. The normalized spacial score (nSPS) is 17.5. The third kappa shape index (κ3) is 4.24. The predicted molar refractivity (Wildman–Crippen MR) is 110 cm³/mol. The minimum Gasteiger partial charge on any atom is -0.368 e. The van der Waals surface area contributed by atoms with Gasteiger partial charge in [-0.1, -0.05) is 47.6 Å². The Kier molecular flexibility index (Phi) is 5.87. The van der Waals surface area contributed by atoms with Gasteiger partial charge in [0.15, 0.2) is 0 Å². The summed E-state index contributed by atoms with van der Waals surface area (Å²) in [6.45, 7) is 4.76. The van der Waals surface area contributed by atoms with Crippen molar-refractivity contribution < 1.29 is 13.7 Å². The van der Waals surface area contributed by atoms with Crippen LogP contribution in [-0.2, 0) is 4.79 Å². The first-order chi connectivity index (χ1) is 14.5. The van der Waals surface area contributed by atoms with Gasteiger partial charge in [-0.3, -0.25) is 14.6 Å². The Bertz CT molecular complexity index is 984. The van der Waals surface area contributed by atoms with Crippen molar-refractivity contribution >= 4 is 5.91 Å². The monoisotopic (exact) mass is 409 g/mol. The number of carbonyl (C=O) groups excluding carboxylic acids is 1. The van der Waals surface area contributed by atoms with E-state index in [0.717, 1.165) is 18.7 Å². The fraction of sp³-hybridized carbons (Fsp3) is 0.318. The van der Waals surface area contributed by atoms with Crippen LogP contribution in [0.1, 0.15) is 30.5 Å². The molecular weight excluding hydrogens is 385 g/mol. The number of rotatable bonds is 6. The number of halogens is 1. The predicted octanol–water partition coefficient (Wildman–Crippen LogP) is 2.78. The summed E-state index contributed by atoms with van der Waals surface area (Å²) < 4.78 is 18.7. The molecule has 0 radical (unpaired) electrons. The van der Waals surface area contributed by atoms with Crippen LogP contribution in [0.2, 0.25) is 0 Å². The fourth-order valence-electron chi connectivity index (χ4n) is 3.85. The van der Waals surface area contributed by atoms with E-state index in [1.165, 1.54) is 12.1 Å². The van der Waals surface area contributed by atoms with E-state index in [1.54, 1.807) is 12.1 Å². The molecule has 4 rings (SSSR count). The number of aromatic nitrogens is 2. The van der Waals surface area contributed by atoms with Crippen LogP contribution in [0.25, 0.3) is 11.4 Å². The zero-order chi connectivity index (χ0) is 21.1. The molecule has 1 aromatic heterocycles. The third-order valence-corrected chi connectivity index (χ3v) is 5.55. The van der Waals surface area contributed by atoms with E-state index in [2.05, 4.69) is 15.0 Å². The number of benzene rings is 2. The van der Waals surface area contributed by atoms with E-state index in [1.807, 2.05) is 42.2 Å². The van der Waals surface area contributed by atoms with E-state index in [9.17, 15) is 9.18 Å². The Morgan fingerprint density at radius 3 is 2.30 bits per heavy atom. The number of hydrogen-bond acceptors (Lipinski definition) is 6. The van der Waals surface area contributed by atoms with Crippen LogP contribution in [0.15, 0.2) is 59.1 Å².